The molecule has 0 radical (unpaired) electrons. The number of nitrogens with two attached hydrogens (primary N) is 1. The Hall–Kier alpha value is -0.910. The van der Waals surface area contributed by atoms with Crippen LogP contribution in [-0.4, -0.2) is 59.4 Å². The molecule has 0 aliphatic heterocycles. The van der Waals surface area contributed by atoms with E-state index in [1.54, 1.807) is 0 Å². The molecule has 116 valence electrons. The van der Waals surface area contributed by atoms with Gasteiger partial charge in [0.2, 0.25) is 0 Å². The molecule has 0 saturated heterocycles. The number of aromatic nitrogens is 2. The van der Waals surface area contributed by atoms with Crippen LogP contribution in [0.2, 0.25) is 0 Å². The fraction of sp³-hybridized carbons (Fsp3) is 0.800. The molecule has 2 N–H and O–H groups in total. The Bertz CT molecular complexity index is 383. The molecular formula is C15H31N5. The molecule has 1 heterocycles. The van der Waals surface area contributed by atoms with E-state index in [9.17, 15) is 0 Å². The summed E-state index contributed by atoms with van der Waals surface area (Å²) in [6.45, 7) is 9.70. The highest BCUT2D eigenvalue weighted by Gasteiger charge is 2.25. The van der Waals surface area contributed by atoms with Crippen LogP contribution in [0.25, 0.3) is 0 Å². The van der Waals surface area contributed by atoms with E-state index >= 15 is 0 Å². The van der Waals surface area contributed by atoms with Crippen LogP contribution in [0.4, 0.5) is 0 Å². The Balaban J connectivity index is 2.91. The van der Waals surface area contributed by atoms with E-state index in [0.717, 1.165) is 19.6 Å². The van der Waals surface area contributed by atoms with Crippen LogP contribution in [0.15, 0.2) is 12.4 Å². The lowest BCUT2D eigenvalue weighted by Crippen LogP contribution is -2.44. The monoisotopic (exact) mass is 281 g/mol. The molecular weight excluding hydrogens is 250 g/mol. The predicted octanol–water partition coefficient (Wildman–Crippen LogP) is 1.33. The van der Waals surface area contributed by atoms with E-state index in [0.29, 0.717) is 5.92 Å². The van der Waals surface area contributed by atoms with Crippen molar-refractivity contribution in [2.75, 3.05) is 33.7 Å². The molecule has 1 aromatic heterocycles. The highest BCUT2D eigenvalue weighted by Crippen LogP contribution is 2.24. The molecule has 5 nitrogen and oxygen atoms in total. The Kier molecular flexibility index (Phi) is 6.65. The molecule has 0 fully saturated rings. The van der Waals surface area contributed by atoms with Gasteiger partial charge in [-0.15, -0.1) is 0 Å². The Morgan fingerprint density at radius 3 is 2.30 bits per heavy atom. The summed E-state index contributed by atoms with van der Waals surface area (Å²) in [7, 11) is 6.17. The van der Waals surface area contributed by atoms with Crippen molar-refractivity contribution >= 4 is 0 Å². The van der Waals surface area contributed by atoms with Crippen molar-refractivity contribution in [1.82, 2.24) is 19.6 Å². The summed E-state index contributed by atoms with van der Waals surface area (Å²) in [5, 5.41) is 4.30. The van der Waals surface area contributed by atoms with Crippen LogP contribution in [0.5, 0.6) is 0 Å². The maximum atomic E-state index is 6.27. The Morgan fingerprint density at radius 2 is 1.90 bits per heavy atom. The van der Waals surface area contributed by atoms with Crippen LogP contribution in [0.3, 0.4) is 0 Å². The number of aryl methyl sites for hydroxylation is 1. The van der Waals surface area contributed by atoms with Crippen LogP contribution in [-0.2, 0) is 7.05 Å². The van der Waals surface area contributed by atoms with Gasteiger partial charge in [-0.25, -0.2) is 0 Å². The largest absolute Gasteiger partial charge is 0.326 e. The van der Waals surface area contributed by atoms with E-state index in [2.05, 4.69) is 56.0 Å². The van der Waals surface area contributed by atoms with Crippen LogP contribution in [0, 0.1) is 5.92 Å². The Labute approximate surface area is 123 Å². The zero-order valence-corrected chi connectivity index (χ0v) is 13.9. The molecule has 0 bridgehead atoms. The number of rotatable bonds is 8. The van der Waals surface area contributed by atoms with Gasteiger partial charge in [-0.3, -0.25) is 9.58 Å². The fourth-order valence-electron chi connectivity index (χ4n) is 2.58. The second-order valence-electron chi connectivity index (χ2n) is 6.44. The summed E-state index contributed by atoms with van der Waals surface area (Å²) in [6, 6.07) is 0.311. The smallest absolute Gasteiger partial charge is 0.0538 e. The third-order valence-electron chi connectivity index (χ3n) is 3.39. The average Bonchev–Trinajstić information content (AvgIpc) is 2.71. The summed E-state index contributed by atoms with van der Waals surface area (Å²) in [6.07, 6.45) is 4.02. The van der Waals surface area contributed by atoms with E-state index in [1.165, 1.54) is 5.56 Å². The summed E-state index contributed by atoms with van der Waals surface area (Å²) in [5.41, 5.74) is 7.48. The van der Waals surface area contributed by atoms with Crippen molar-refractivity contribution in [2.24, 2.45) is 18.7 Å². The van der Waals surface area contributed by atoms with Gasteiger partial charge in [-0.1, -0.05) is 13.8 Å². The molecule has 0 amide bonds. The lowest BCUT2D eigenvalue weighted by molar-refractivity contribution is 0.144. The van der Waals surface area contributed by atoms with Crippen LogP contribution < -0.4 is 5.73 Å². The SMILES string of the molecule is CC(C)CN(CCN(C)C)C(c1cnn(C)c1)C(C)N. The maximum absolute atomic E-state index is 6.27. The summed E-state index contributed by atoms with van der Waals surface area (Å²) < 4.78 is 1.85. The summed E-state index contributed by atoms with van der Waals surface area (Å²) in [5.74, 6) is 0.620. The van der Waals surface area contributed by atoms with Gasteiger partial charge in [0.1, 0.15) is 0 Å². The van der Waals surface area contributed by atoms with E-state index in [4.69, 9.17) is 5.73 Å². The normalized spacial score (nSPS) is 15.3. The average molecular weight is 281 g/mol. The van der Waals surface area contributed by atoms with Crippen LogP contribution >= 0.6 is 0 Å². The predicted molar refractivity (Wildman–Crippen MR) is 84.6 cm³/mol. The third kappa shape index (κ3) is 5.23. The van der Waals surface area contributed by atoms with Gasteiger partial charge in [0.05, 0.1) is 12.2 Å². The standard InChI is InChI=1S/C15H31N5/c1-12(2)10-20(8-7-18(4)5)15(13(3)16)14-9-17-19(6)11-14/h9,11-13,15H,7-8,10,16H2,1-6H3. The number of hydrogen-bond donors (Lipinski definition) is 1. The highest BCUT2D eigenvalue weighted by molar-refractivity contribution is 5.13. The molecule has 1 aromatic rings. The van der Waals surface area contributed by atoms with Gasteiger partial charge >= 0.3 is 0 Å². The van der Waals surface area contributed by atoms with Crippen LogP contribution in [0.1, 0.15) is 32.4 Å². The van der Waals surface area contributed by atoms with Crippen molar-refractivity contribution in [3.05, 3.63) is 18.0 Å². The lowest BCUT2D eigenvalue weighted by atomic mass is 10.0. The first-order valence-corrected chi connectivity index (χ1v) is 7.44. The number of nitrogens with zero attached hydrogens (tertiary/aromatic N) is 4. The third-order valence-corrected chi connectivity index (χ3v) is 3.39. The van der Waals surface area contributed by atoms with Gasteiger partial charge < -0.3 is 10.6 Å². The van der Waals surface area contributed by atoms with Gasteiger partial charge in [0.15, 0.2) is 0 Å². The molecule has 0 spiro atoms. The van der Waals surface area contributed by atoms with E-state index in [-0.39, 0.29) is 12.1 Å². The summed E-state index contributed by atoms with van der Waals surface area (Å²) in [4.78, 5) is 4.71. The van der Waals surface area contributed by atoms with Gasteiger partial charge in [0, 0.05) is 44.5 Å². The first-order valence-electron chi connectivity index (χ1n) is 7.44. The maximum Gasteiger partial charge on any atom is 0.0538 e. The van der Waals surface area contributed by atoms with Crippen molar-refractivity contribution in [2.45, 2.75) is 32.9 Å². The van der Waals surface area contributed by atoms with E-state index in [1.807, 2.05) is 17.9 Å². The molecule has 0 aliphatic carbocycles. The molecule has 0 saturated carbocycles. The number of likely N-dealkylation sites (N-methyl/N-ethyl adjacent to an activating group) is 1. The zero-order chi connectivity index (χ0) is 15.3. The minimum absolute atomic E-state index is 0.0834. The van der Waals surface area contributed by atoms with E-state index < -0.39 is 0 Å². The minimum Gasteiger partial charge on any atom is -0.326 e. The minimum atomic E-state index is 0.0834. The zero-order valence-electron chi connectivity index (χ0n) is 13.9. The molecule has 0 aromatic carbocycles. The first-order chi connectivity index (χ1) is 9.31. The van der Waals surface area contributed by atoms with Crippen molar-refractivity contribution in [3.8, 4) is 0 Å². The number of hydrogen-bond acceptors (Lipinski definition) is 4. The Morgan fingerprint density at radius 1 is 1.25 bits per heavy atom. The fourth-order valence-corrected chi connectivity index (χ4v) is 2.58. The second kappa shape index (κ2) is 7.76. The first kappa shape index (κ1) is 17.1. The lowest BCUT2D eigenvalue weighted by Gasteiger charge is -2.35. The second-order valence-corrected chi connectivity index (χ2v) is 6.44. The molecule has 2 atom stereocenters. The van der Waals surface area contributed by atoms with Crippen molar-refractivity contribution in [3.63, 3.8) is 0 Å². The van der Waals surface area contributed by atoms with Crippen molar-refractivity contribution < 1.29 is 0 Å². The molecule has 20 heavy (non-hydrogen) atoms. The van der Waals surface area contributed by atoms with Gasteiger partial charge in [0.25, 0.3) is 0 Å². The highest BCUT2D eigenvalue weighted by atomic mass is 15.3. The molecule has 5 heteroatoms. The van der Waals surface area contributed by atoms with Crippen molar-refractivity contribution in [1.29, 1.82) is 0 Å². The van der Waals surface area contributed by atoms with Gasteiger partial charge in [-0.2, -0.15) is 5.10 Å². The topological polar surface area (TPSA) is 50.3 Å². The summed E-state index contributed by atoms with van der Waals surface area (Å²) >= 11 is 0. The van der Waals surface area contributed by atoms with Gasteiger partial charge in [-0.05, 0) is 26.9 Å². The molecule has 2 unspecified atom stereocenters. The quantitative estimate of drug-likeness (QED) is 0.781. The molecule has 0 aliphatic rings. The molecule has 1 rings (SSSR count).